The molecule has 1 fully saturated rings. The highest BCUT2D eigenvalue weighted by Crippen LogP contribution is 2.29. The Morgan fingerprint density at radius 3 is 2.92 bits per heavy atom. The molecule has 1 amide bonds. The molecular formula is C15H16ClN5O3S. The molecule has 3 heterocycles. The lowest BCUT2D eigenvalue weighted by atomic mass is 10.2. The molecule has 2 aromatic rings. The van der Waals surface area contributed by atoms with Gasteiger partial charge in [0.25, 0.3) is 5.91 Å². The molecular weight excluding hydrogens is 366 g/mol. The van der Waals surface area contributed by atoms with E-state index in [1.165, 1.54) is 17.1 Å². The Morgan fingerprint density at radius 1 is 1.48 bits per heavy atom. The zero-order valence-electron chi connectivity index (χ0n) is 13.4. The van der Waals surface area contributed by atoms with E-state index in [4.69, 9.17) is 11.6 Å². The van der Waals surface area contributed by atoms with Crippen molar-refractivity contribution in [1.29, 1.82) is 0 Å². The summed E-state index contributed by atoms with van der Waals surface area (Å²) in [5.74, 6) is -0.281. The molecule has 3 rings (SSSR count). The van der Waals surface area contributed by atoms with E-state index >= 15 is 0 Å². The molecule has 132 valence electrons. The third kappa shape index (κ3) is 3.88. The summed E-state index contributed by atoms with van der Waals surface area (Å²) in [6.45, 7) is 1.74. The monoisotopic (exact) mass is 381 g/mol. The van der Waals surface area contributed by atoms with Crippen molar-refractivity contribution in [3.05, 3.63) is 46.5 Å². The molecule has 0 bridgehead atoms. The normalized spacial score (nSPS) is 19.4. The average Bonchev–Trinajstić information content (AvgIpc) is 3.08. The molecule has 1 atom stereocenters. The van der Waals surface area contributed by atoms with E-state index in [9.17, 15) is 13.2 Å². The van der Waals surface area contributed by atoms with Crippen molar-refractivity contribution in [2.24, 2.45) is 5.10 Å². The van der Waals surface area contributed by atoms with Crippen LogP contribution in [0.4, 0.5) is 0 Å². The van der Waals surface area contributed by atoms with Gasteiger partial charge in [-0.2, -0.15) is 10.2 Å². The maximum Gasteiger partial charge on any atom is 0.289 e. The van der Waals surface area contributed by atoms with E-state index in [-0.39, 0.29) is 23.2 Å². The van der Waals surface area contributed by atoms with Crippen molar-refractivity contribution >= 4 is 33.6 Å². The van der Waals surface area contributed by atoms with Crippen LogP contribution in [0, 0.1) is 6.92 Å². The number of hydrogen-bond donors (Lipinski definition) is 1. The Bertz CT molecular complexity index is 924. The molecule has 0 unspecified atom stereocenters. The molecule has 1 N–H and O–H groups in total. The summed E-state index contributed by atoms with van der Waals surface area (Å²) in [4.78, 5) is 15.8. The van der Waals surface area contributed by atoms with Gasteiger partial charge in [0, 0.05) is 6.20 Å². The fourth-order valence-electron chi connectivity index (χ4n) is 2.60. The van der Waals surface area contributed by atoms with E-state index in [2.05, 4.69) is 20.6 Å². The lowest BCUT2D eigenvalue weighted by Crippen LogP contribution is -2.18. The number of carbonyl (C=O) groups is 1. The third-order valence-corrected chi connectivity index (χ3v) is 6.01. The Morgan fingerprint density at radius 2 is 2.28 bits per heavy atom. The highest BCUT2D eigenvalue weighted by molar-refractivity contribution is 7.91. The van der Waals surface area contributed by atoms with Crippen LogP contribution < -0.4 is 5.43 Å². The first-order valence-electron chi connectivity index (χ1n) is 7.57. The standard InChI is InChI=1S/C15H16ClN5O3S/c1-10-12(8-18-19-15(22)13-4-2-3-6-17-13)14(16)21(20-10)11-5-7-25(23,24)9-11/h2-4,6,8,11H,5,7,9H2,1H3,(H,19,22)/b18-8-/t11-/m0/s1. The first-order valence-corrected chi connectivity index (χ1v) is 9.77. The van der Waals surface area contributed by atoms with Crippen molar-refractivity contribution < 1.29 is 13.2 Å². The number of hydrogen-bond acceptors (Lipinski definition) is 6. The van der Waals surface area contributed by atoms with Gasteiger partial charge in [0.05, 0.1) is 35.0 Å². The first-order chi connectivity index (χ1) is 11.9. The van der Waals surface area contributed by atoms with Crippen molar-refractivity contribution in [1.82, 2.24) is 20.2 Å². The number of pyridine rings is 1. The van der Waals surface area contributed by atoms with E-state index in [1.807, 2.05) is 0 Å². The number of sulfone groups is 1. The molecule has 0 aliphatic carbocycles. The van der Waals surface area contributed by atoms with Crippen LogP contribution >= 0.6 is 11.6 Å². The summed E-state index contributed by atoms with van der Waals surface area (Å²) in [6.07, 6.45) is 3.39. The van der Waals surface area contributed by atoms with Gasteiger partial charge in [-0.25, -0.2) is 18.5 Å². The smallest absolute Gasteiger partial charge is 0.266 e. The number of rotatable bonds is 4. The van der Waals surface area contributed by atoms with Crippen LogP contribution in [0.3, 0.4) is 0 Å². The number of halogens is 1. The maximum atomic E-state index is 11.9. The summed E-state index contributed by atoms with van der Waals surface area (Å²) >= 11 is 6.32. The molecule has 8 nitrogen and oxygen atoms in total. The Balaban J connectivity index is 1.74. The number of amides is 1. The number of aromatic nitrogens is 3. The van der Waals surface area contributed by atoms with Gasteiger partial charge in [-0.3, -0.25) is 9.78 Å². The number of nitrogens with zero attached hydrogens (tertiary/aromatic N) is 4. The van der Waals surface area contributed by atoms with Crippen LogP contribution in [-0.4, -0.2) is 46.8 Å². The van der Waals surface area contributed by atoms with E-state index in [1.54, 1.807) is 25.1 Å². The number of carbonyl (C=O) groups excluding carboxylic acids is 1. The molecule has 0 spiro atoms. The van der Waals surface area contributed by atoms with Gasteiger partial charge in [0.2, 0.25) is 0 Å². The molecule has 0 aromatic carbocycles. The summed E-state index contributed by atoms with van der Waals surface area (Å²) in [6, 6.07) is 4.70. The molecule has 25 heavy (non-hydrogen) atoms. The minimum absolute atomic E-state index is 0.0286. The largest absolute Gasteiger partial charge is 0.289 e. The topological polar surface area (TPSA) is 106 Å². The molecule has 0 radical (unpaired) electrons. The quantitative estimate of drug-likeness (QED) is 0.635. The van der Waals surface area contributed by atoms with Crippen LogP contribution in [0.15, 0.2) is 29.5 Å². The third-order valence-electron chi connectivity index (χ3n) is 3.88. The van der Waals surface area contributed by atoms with Gasteiger partial charge < -0.3 is 0 Å². The lowest BCUT2D eigenvalue weighted by molar-refractivity contribution is 0.0950. The van der Waals surface area contributed by atoms with Gasteiger partial charge in [0.1, 0.15) is 10.8 Å². The average molecular weight is 382 g/mol. The van der Waals surface area contributed by atoms with Crippen LogP contribution in [0.2, 0.25) is 5.15 Å². The summed E-state index contributed by atoms with van der Waals surface area (Å²) in [7, 11) is -3.04. The predicted octanol–water partition coefficient (Wildman–Crippen LogP) is 1.36. The minimum atomic E-state index is -3.04. The fourth-order valence-corrected chi connectivity index (χ4v) is 4.65. The van der Waals surface area contributed by atoms with Gasteiger partial charge >= 0.3 is 0 Å². The van der Waals surface area contributed by atoms with Gasteiger partial charge in [-0.05, 0) is 25.5 Å². The second-order valence-electron chi connectivity index (χ2n) is 5.71. The summed E-state index contributed by atoms with van der Waals surface area (Å²) in [5, 5.41) is 8.51. The molecule has 1 aliphatic rings. The molecule has 1 saturated heterocycles. The molecule has 0 saturated carbocycles. The molecule has 2 aromatic heterocycles. The van der Waals surface area contributed by atoms with Crippen LogP contribution in [-0.2, 0) is 9.84 Å². The SMILES string of the molecule is Cc1nn([C@H]2CCS(=O)(=O)C2)c(Cl)c1/C=N\NC(=O)c1ccccn1. The predicted molar refractivity (Wildman–Crippen MR) is 93.6 cm³/mol. The second-order valence-corrected chi connectivity index (χ2v) is 8.29. The molecule has 10 heteroatoms. The summed E-state index contributed by atoms with van der Waals surface area (Å²) < 4.78 is 24.8. The Kier molecular flexibility index (Phi) is 4.87. The van der Waals surface area contributed by atoms with E-state index < -0.39 is 15.7 Å². The molecule has 1 aliphatic heterocycles. The van der Waals surface area contributed by atoms with Crippen LogP contribution in [0.1, 0.15) is 34.2 Å². The van der Waals surface area contributed by atoms with E-state index in [0.717, 1.165) is 0 Å². The number of hydrazone groups is 1. The van der Waals surface area contributed by atoms with Crippen molar-refractivity contribution in [3.8, 4) is 0 Å². The highest BCUT2D eigenvalue weighted by atomic mass is 35.5. The van der Waals surface area contributed by atoms with Crippen molar-refractivity contribution in [2.45, 2.75) is 19.4 Å². The lowest BCUT2D eigenvalue weighted by Gasteiger charge is -2.09. The second kappa shape index (κ2) is 6.93. The highest BCUT2D eigenvalue weighted by Gasteiger charge is 2.31. The summed E-state index contributed by atoms with van der Waals surface area (Å²) in [5.41, 5.74) is 3.75. The van der Waals surface area contributed by atoms with E-state index in [0.29, 0.717) is 22.8 Å². The first kappa shape index (κ1) is 17.6. The van der Waals surface area contributed by atoms with Gasteiger partial charge in [-0.1, -0.05) is 17.7 Å². The van der Waals surface area contributed by atoms with Gasteiger partial charge in [-0.15, -0.1) is 0 Å². The minimum Gasteiger partial charge on any atom is -0.266 e. The number of nitrogens with one attached hydrogen (secondary N) is 1. The maximum absolute atomic E-state index is 11.9. The van der Waals surface area contributed by atoms with Crippen molar-refractivity contribution in [3.63, 3.8) is 0 Å². The zero-order valence-corrected chi connectivity index (χ0v) is 15.0. The van der Waals surface area contributed by atoms with Gasteiger partial charge in [0.15, 0.2) is 9.84 Å². The van der Waals surface area contributed by atoms with Crippen LogP contribution in [0.25, 0.3) is 0 Å². The van der Waals surface area contributed by atoms with Crippen LogP contribution in [0.5, 0.6) is 0 Å². The Hall–Kier alpha value is -2.26. The fraction of sp³-hybridized carbons (Fsp3) is 0.333. The Labute approximate surface area is 149 Å². The number of aryl methyl sites for hydroxylation is 1. The zero-order chi connectivity index (χ0) is 18.0. The van der Waals surface area contributed by atoms with Crippen molar-refractivity contribution in [2.75, 3.05) is 11.5 Å².